The van der Waals surface area contributed by atoms with Crippen LogP contribution in [0.15, 0.2) is 53.3 Å². The molecule has 6 heteroatoms. The molecule has 0 unspecified atom stereocenters. The Hall–Kier alpha value is -3.02. The Morgan fingerprint density at radius 1 is 1.20 bits per heavy atom. The Morgan fingerprint density at radius 2 is 1.88 bits per heavy atom. The molecular weight excluding hydrogens is 321 g/mol. The van der Waals surface area contributed by atoms with Gasteiger partial charge in [0.1, 0.15) is 5.82 Å². The topological polar surface area (TPSA) is 66.1 Å². The van der Waals surface area contributed by atoms with E-state index in [1.807, 2.05) is 13.8 Å². The Bertz CT molecular complexity index is 966. The van der Waals surface area contributed by atoms with Gasteiger partial charge in [-0.05, 0) is 43.7 Å². The zero-order valence-corrected chi connectivity index (χ0v) is 14.0. The van der Waals surface area contributed by atoms with E-state index < -0.39 is 11.3 Å². The molecule has 5 nitrogen and oxygen atoms in total. The van der Waals surface area contributed by atoms with Crippen LogP contribution in [0.4, 0.5) is 4.39 Å². The van der Waals surface area contributed by atoms with Crippen LogP contribution in [0.1, 0.15) is 35.9 Å². The summed E-state index contributed by atoms with van der Waals surface area (Å²) in [6, 6.07) is 12.6. The van der Waals surface area contributed by atoms with Crippen molar-refractivity contribution in [3.63, 3.8) is 0 Å². The molecule has 1 N–H and O–H groups in total. The predicted molar refractivity (Wildman–Crippen MR) is 93.9 cm³/mol. The number of nitrogens with zero attached hydrogens (tertiary/aromatic N) is 2. The van der Waals surface area contributed by atoms with Crippen LogP contribution in [0.2, 0.25) is 0 Å². The van der Waals surface area contributed by atoms with Gasteiger partial charge in [-0.1, -0.05) is 24.3 Å². The van der Waals surface area contributed by atoms with Gasteiger partial charge in [0.15, 0.2) is 5.69 Å². The quantitative estimate of drug-likeness (QED) is 0.793. The summed E-state index contributed by atoms with van der Waals surface area (Å²) in [5, 5.41) is 7.16. The first-order valence-electron chi connectivity index (χ1n) is 8.06. The molecule has 0 aliphatic rings. The minimum atomic E-state index is -0.452. The number of amides is 1. The van der Waals surface area contributed by atoms with E-state index in [9.17, 15) is 14.0 Å². The summed E-state index contributed by atoms with van der Waals surface area (Å²) in [7, 11) is 0. The van der Waals surface area contributed by atoms with Gasteiger partial charge in [-0.3, -0.25) is 14.7 Å². The van der Waals surface area contributed by atoms with Gasteiger partial charge in [-0.2, -0.15) is 5.10 Å². The maximum Gasteiger partial charge on any atom is 0.278 e. The van der Waals surface area contributed by atoms with Crippen LogP contribution < -0.4 is 5.43 Å². The molecule has 1 amide bonds. The number of hydrogen-bond donors (Lipinski definition) is 1. The molecule has 25 heavy (non-hydrogen) atoms. The molecule has 128 valence electrons. The molecule has 3 aromatic rings. The number of aromatic nitrogens is 2. The standard InChI is InChI=1S/C19H18FN3O2/c1-3-23(12(2)13-8-10-14(20)11-9-13)19(25)17-18(24)15-6-4-5-7-16(15)21-22-17/h4-12H,3H2,1-2H3,(H,21,24)/t12-/m0/s1. The van der Waals surface area contributed by atoms with Gasteiger partial charge in [0.05, 0.1) is 11.6 Å². The fourth-order valence-corrected chi connectivity index (χ4v) is 2.87. The normalized spacial score (nSPS) is 12.1. The highest BCUT2D eigenvalue weighted by Crippen LogP contribution is 2.21. The van der Waals surface area contributed by atoms with Crippen LogP contribution in [0.25, 0.3) is 10.9 Å². The first-order valence-corrected chi connectivity index (χ1v) is 8.06. The molecule has 0 aliphatic heterocycles. The van der Waals surface area contributed by atoms with Crippen molar-refractivity contribution < 1.29 is 9.18 Å². The van der Waals surface area contributed by atoms with Crippen molar-refractivity contribution in [1.29, 1.82) is 0 Å². The lowest BCUT2D eigenvalue weighted by Gasteiger charge is -2.28. The van der Waals surface area contributed by atoms with Crippen LogP contribution in [0, 0.1) is 5.82 Å². The van der Waals surface area contributed by atoms with Gasteiger partial charge < -0.3 is 4.90 Å². The average Bonchev–Trinajstić information content (AvgIpc) is 2.63. The summed E-state index contributed by atoms with van der Waals surface area (Å²) in [6.07, 6.45) is 0. The van der Waals surface area contributed by atoms with Crippen LogP contribution in [0.3, 0.4) is 0 Å². The van der Waals surface area contributed by atoms with Crippen LogP contribution in [-0.4, -0.2) is 27.5 Å². The van der Waals surface area contributed by atoms with Crippen molar-refractivity contribution in [2.45, 2.75) is 19.9 Å². The van der Waals surface area contributed by atoms with Gasteiger partial charge in [0.2, 0.25) is 5.43 Å². The SMILES string of the molecule is CCN(C(=O)c1n[nH]c2ccccc2c1=O)[C@@H](C)c1ccc(F)cc1. The van der Waals surface area contributed by atoms with Crippen LogP contribution in [-0.2, 0) is 0 Å². The molecule has 2 aromatic carbocycles. The summed E-state index contributed by atoms with van der Waals surface area (Å²) < 4.78 is 13.1. The fourth-order valence-electron chi connectivity index (χ4n) is 2.87. The molecule has 1 aromatic heterocycles. The monoisotopic (exact) mass is 339 g/mol. The lowest BCUT2D eigenvalue weighted by molar-refractivity contribution is 0.0694. The molecule has 1 heterocycles. The fraction of sp³-hybridized carbons (Fsp3) is 0.211. The number of carbonyl (C=O) groups excluding carboxylic acids is 1. The molecule has 0 bridgehead atoms. The number of hydrogen-bond acceptors (Lipinski definition) is 3. The third-order valence-corrected chi connectivity index (χ3v) is 4.30. The van der Waals surface area contributed by atoms with E-state index >= 15 is 0 Å². The lowest BCUT2D eigenvalue weighted by atomic mass is 10.1. The van der Waals surface area contributed by atoms with E-state index in [1.54, 1.807) is 41.3 Å². The van der Waals surface area contributed by atoms with Crippen molar-refractivity contribution in [3.05, 3.63) is 75.8 Å². The molecule has 0 spiro atoms. The third-order valence-electron chi connectivity index (χ3n) is 4.30. The van der Waals surface area contributed by atoms with Crippen molar-refractivity contribution in [2.24, 2.45) is 0 Å². The van der Waals surface area contributed by atoms with Crippen molar-refractivity contribution in [3.8, 4) is 0 Å². The zero-order chi connectivity index (χ0) is 18.0. The molecule has 0 saturated heterocycles. The van der Waals surface area contributed by atoms with E-state index in [-0.39, 0.29) is 17.6 Å². The van der Waals surface area contributed by atoms with Crippen molar-refractivity contribution in [1.82, 2.24) is 15.1 Å². The molecule has 0 saturated carbocycles. The van der Waals surface area contributed by atoms with E-state index in [4.69, 9.17) is 0 Å². The molecular formula is C19H18FN3O2. The summed E-state index contributed by atoms with van der Waals surface area (Å²) >= 11 is 0. The second-order valence-corrected chi connectivity index (χ2v) is 5.77. The molecule has 0 radical (unpaired) electrons. The number of nitrogens with one attached hydrogen (secondary N) is 1. The first kappa shape index (κ1) is 16.8. The molecule has 1 atom stereocenters. The Balaban J connectivity index is 1.99. The van der Waals surface area contributed by atoms with E-state index in [1.165, 1.54) is 12.1 Å². The number of rotatable bonds is 4. The Labute approximate surface area is 144 Å². The van der Waals surface area contributed by atoms with Gasteiger partial charge in [-0.25, -0.2) is 4.39 Å². The maximum absolute atomic E-state index is 13.1. The highest BCUT2D eigenvalue weighted by Gasteiger charge is 2.25. The van der Waals surface area contributed by atoms with Crippen LogP contribution in [0.5, 0.6) is 0 Å². The third kappa shape index (κ3) is 3.15. The number of H-pyrrole nitrogens is 1. The highest BCUT2D eigenvalue weighted by molar-refractivity contribution is 5.95. The van der Waals surface area contributed by atoms with Gasteiger partial charge >= 0.3 is 0 Å². The van der Waals surface area contributed by atoms with Gasteiger partial charge in [-0.15, -0.1) is 0 Å². The molecule has 0 aliphatic carbocycles. The van der Waals surface area contributed by atoms with E-state index in [0.29, 0.717) is 17.4 Å². The van der Waals surface area contributed by atoms with Crippen molar-refractivity contribution >= 4 is 16.8 Å². The van der Waals surface area contributed by atoms with E-state index in [2.05, 4.69) is 10.2 Å². The highest BCUT2D eigenvalue weighted by atomic mass is 19.1. The number of halogens is 1. The van der Waals surface area contributed by atoms with Crippen LogP contribution >= 0.6 is 0 Å². The predicted octanol–water partition coefficient (Wildman–Crippen LogP) is 3.29. The molecule has 0 fully saturated rings. The smallest absolute Gasteiger partial charge is 0.278 e. The first-order chi connectivity index (χ1) is 12.0. The molecule has 3 rings (SSSR count). The largest absolute Gasteiger partial charge is 0.331 e. The van der Waals surface area contributed by atoms with E-state index in [0.717, 1.165) is 5.56 Å². The minimum Gasteiger partial charge on any atom is -0.331 e. The summed E-state index contributed by atoms with van der Waals surface area (Å²) in [5.41, 5.74) is 0.825. The second-order valence-electron chi connectivity index (χ2n) is 5.77. The lowest BCUT2D eigenvalue weighted by Crippen LogP contribution is -2.37. The summed E-state index contributed by atoms with van der Waals surface area (Å²) in [4.78, 5) is 27.0. The number of fused-ring (bicyclic) bond motifs is 1. The average molecular weight is 339 g/mol. The van der Waals surface area contributed by atoms with Crippen molar-refractivity contribution in [2.75, 3.05) is 6.54 Å². The second kappa shape index (κ2) is 6.84. The number of para-hydroxylation sites is 1. The number of benzene rings is 2. The minimum absolute atomic E-state index is 0.144. The number of carbonyl (C=O) groups is 1. The zero-order valence-electron chi connectivity index (χ0n) is 14.0. The Kier molecular flexibility index (Phi) is 4.61. The van der Waals surface area contributed by atoms with Gasteiger partial charge in [0.25, 0.3) is 5.91 Å². The Morgan fingerprint density at radius 3 is 2.56 bits per heavy atom. The summed E-state index contributed by atoms with van der Waals surface area (Å²) in [5.74, 6) is -0.788. The van der Waals surface area contributed by atoms with Gasteiger partial charge in [0, 0.05) is 11.9 Å². The number of aromatic amines is 1. The maximum atomic E-state index is 13.1. The summed E-state index contributed by atoms with van der Waals surface area (Å²) in [6.45, 7) is 4.06.